The summed E-state index contributed by atoms with van der Waals surface area (Å²) in [7, 11) is 0. The minimum Gasteiger partial charge on any atom is -0.506 e. The Bertz CT molecular complexity index is 816. The van der Waals surface area contributed by atoms with E-state index in [0.717, 1.165) is 11.1 Å². The predicted molar refractivity (Wildman–Crippen MR) is 99.0 cm³/mol. The molecule has 0 saturated carbocycles. The molecule has 0 radical (unpaired) electrons. The van der Waals surface area contributed by atoms with Crippen molar-refractivity contribution in [3.8, 4) is 5.75 Å². The van der Waals surface area contributed by atoms with Gasteiger partial charge in [0.25, 0.3) is 5.91 Å². The summed E-state index contributed by atoms with van der Waals surface area (Å²) in [5.41, 5.74) is 1.13. The Labute approximate surface area is 150 Å². The highest BCUT2D eigenvalue weighted by Crippen LogP contribution is 2.34. The van der Waals surface area contributed by atoms with E-state index in [1.165, 1.54) is 11.9 Å². The lowest BCUT2D eigenvalue weighted by atomic mass is 9.96. The molecule has 0 aliphatic carbocycles. The van der Waals surface area contributed by atoms with Crippen molar-refractivity contribution in [2.45, 2.75) is 12.8 Å². The van der Waals surface area contributed by atoms with Crippen LogP contribution in [0.5, 0.6) is 5.75 Å². The van der Waals surface area contributed by atoms with Crippen LogP contribution in [0.15, 0.2) is 30.3 Å². The van der Waals surface area contributed by atoms with Crippen molar-refractivity contribution in [3.05, 3.63) is 35.9 Å². The van der Waals surface area contributed by atoms with E-state index in [0.29, 0.717) is 31.3 Å². The van der Waals surface area contributed by atoms with Gasteiger partial charge in [0.15, 0.2) is 0 Å². The van der Waals surface area contributed by atoms with Crippen LogP contribution in [0.2, 0.25) is 0 Å². The van der Waals surface area contributed by atoms with Crippen LogP contribution in [-0.4, -0.2) is 46.3 Å². The van der Waals surface area contributed by atoms with Crippen LogP contribution in [0.3, 0.4) is 0 Å². The molecule has 25 heavy (non-hydrogen) atoms. The fourth-order valence-electron chi connectivity index (χ4n) is 3.21. The minimum absolute atomic E-state index is 0.0346. The summed E-state index contributed by atoms with van der Waals surface area (Å²) >= 11 is 1.46. The molecule has 0 bridgehead atoms. The first kappa shape index (κ1) is 17.4. The number of hydrogen-bond donors (Lipinski definition) is 3. The number of nitrogens with one attached hydrogen (secondary N) is 1. The molecule has 1 aliphatic rings. The summed E-state index contributed by atoms with van der Waals surface area (Å²) in [5.74, 6) is -1.50. The number of phenolic OH excluding ortho intramolecular Hbond substituents is 1. The zero-order chi connectivity index (χ0) is 18.0. The van der Waals surface area contributed by atoms with Crippen molar-refractivity contribution in [1.29, 1.82) is 0 Å². The van der Waals surface area contributed by atoms with Gasteiger partial charge in [0.1, 0.15) is 5.75 Å². The number of carboxylic acid groups (broad SMARTS) is 1. The Kier molecular flexibility index (Phi) is 5.03. The first-order valence-corrected chi connectivity index (χ1v) is 9.31. The standard InChI is InChI=1S/C18H20N2O4S/c1-25-19-15-4-2-3-13-12(15)5-6-14(16(13)21)17(22)20-9-7-11(8-10-20)18(23)24/h2-6,11,19,21H,7-10H2,1H3,(H,23,24). The topological polar surface area (TPSA) is 89.9 Å². The Morgan fingerprint density at radius 2 is 1.88 bits per heavy atom. The fraction of sp³-hybridized carbons (Fsp3) is 0.333. The van der Waals surface area contributed by atoms with Crippen molar-refractivity contribution >= 4 is 40.3 Å². The molecule has 3 rings (SSSR count). The normalized spacial score (nSPS) is 15.3. The molecule has 2 aromatic rings. The number of carboxylic acids is 1. The van der Waals surface area contributed by atoms with Crippen LogP contribution in [0, 0.1) is 5.92 Å². The quantitative estimate of drug-likeness (QED) is 0.726. The number of aliphatic carboxylic acids is 1. The summed E-state index contributed by atoms with van der Waals surface area (Å²) in [5, 5.41) is 21.1. The maximum absolute atomic E-state index is 12.8. The Balaban J connectivity index is 1.88. The number of piperidine rings is 1. The van der Waals surface area contributed by atoms with E-state index in [1.54, 1.807) is 17.0 Å². The molecule has 0 atom stereocenters. The van der Waals surface area contributed by atoms with Gasteiger partial charge in [0, 0.05) is 30.1 Å². The van der Waals surface area contributed by atoms with Crippen molar-refractivity contribution in [3.63, 3.8) is 0 Å². The van der Waals surface area contributed by atoms with Gasteiger partial charge in [0.05, 0.1) is 17.2 Å². The molecule has 1 saturated heterocycles. The van der Waals surface area contributed by atoms with E-state index in [2.05, 4.69) is 4.72 Å². The van der Waals surface area contributed by atoms with Gasteiger partial charge in [-0.05, 0) is 25.0 Å². The lowest BCUT2D eigenvalue weighted by molar-refractivity contribution is -0.143. The van der Waals surface area contributed by atoms with Gasteiger partial charge in [-0.15, -0.1) is 0 Å². The molecule has 2 aromatic carbocycles. The number of hydrogen-bond acceptors (Lipinski definition) is 5. The van der Waals surface area contributed by atoms with Crippen LogP contribution < -0.4 is 4.72 Å². The van der Waals surface area contributed by atoms with Gasteiger partial charge in [-0.3, -0.25) is 9.59 Å². The van der Waals surface area contributed by atoms with Gasteiger partial charge in [-0.2, -0.15) is 0 Å². The molecule has 0 spiro atoms. The number of carbonyl (C=O) groups is 2. The molecule has 1 aliphatic heterocycles. The third-order valence-corrected chi connectivity index (χ3v) is 5.03. The third kappa shape index (κ3) is 3.37. The van der Waals surface area contributed by atoms with Crippen LogP contribution in [0.25, 0.3) is 10.8 Å². The number of amides is 1. The summed E-state index contributed by atoms with van der Waals surface area (Å²) < 4.78 is 3.16. The summed E-state index contributed by atoms with van der Waals surface area (Å²) in [6.45, 7) is 0.780. The monoisotopic (exact) mass is 360 g/mol. The Morgan fingerprint density at radius 1 is 1.16 bits per heavy atom. The van der Waals surface area contributed by atoms with Crippen LogP contribution in [0.1, 0.15) is 23.2 Å². The van der Waals surface area contributed by atoms with Crippen LogP contribution in [-0.2, 0) is 4.79 Å². The number of fused-ring (bicyclic) bond motifs is 1. The molecule has 7 heteroatoms. The second kappa shape index (κ2) is 7.23. The number of carbonyl (C=O) groups excluding carboxylic acids is 1. The molecule has 3 N–H and O–H groups in total. The number of rotatable bonds is 4. The van der Waals surface area contributed by atoms with Crippen molar-refractivity contribution in [2.24, 2.45) is 5.92 Å². The molecule has 1 heterocycles. The lowest BCUT2D eigenvalue weighted by Crippen LogP contribution is -2.40. The molecular weight excluding hydrogens is 340 g/mol. The molecule has 1 fully saturated rings. The van der Waals surface area contributed by atoms with Gasteiger partial charge >= 0.3 is 5.97 Å². The lowest BCUT2D eigenvalue weighted by Gasteiger charge is -2.30. The Morgan fingerprint density at radius 3 is 2.52 bits per heavy atom. The second-order valence-corrected chi connectivity index (χ2v) is 6.69. The van der Waals surface area contributed by atoms with Gasteiger partial charge in [-0.25, -0.2) is 0 Å². The highest BCUT2D eigenvalue weighted by molar-refractivity contribution is 7.99. The second-order valence-electron chi connectivity index (χ2n) is 6.07. The average Bonchev–Trinajstić information content (AvgIpc) is 2.62. The minimum atomic E-state index is -0.811. The number of likely N-dealkylation sites (tertiary alicyclic amines) is 1. The largest absolute Gasteiger partial charge is 0.506 e. The van der Waals surface area contributed by atoms with E-state index in [1.807, 2.05) is 24.5 Å². The van der Waals surface area contributed by atoms with E-state index in [9.17, 15) is 14.7 Å². The van der Waals surface area contributed by atoms with E-state index >= 15 is 0 Å². The van der Waals surface area contributed by atoms with Crippen LogP contribution in [0.4, 0.5) is 5.69 Å². The number of phenols is 1. The van der Waals surface area contributed by atoms with Crippen molar-refractivity contribution < 1.29 is 19.8 Å². The SMILES string of the molecule is CSNc1cccc2c(O)c(C(=O)N3CCC(C(=O)O)CC3)ccc12. The molecular formula is C18H20N2O4S. The zero-order valence-corrected chi connectivity index (χ0v) is 14.7. The number of benzene rings is 2. The Hall–Kier alpha value is -2.41. The first-order valence-electron chi connectivity index (χ1n) is 8.08. The third-order valence-electron chi connectivity index (χ3n) is 4.61. The average molecular weight is 360 g/mol. The molecule has 0 aromatic heterocycles. The number of anilines is 1. The number of aromatic hydroxyl groups is 1. The van der Waals surface area contributed by atoms with Gasteiger partial charge in [-0.1, -0.05) is 30.1 Å². The van der Waals surface area contributed by atoms with Gasteiger partial charge in [0.2, 0.25) is 0 Å². The van der Waals surface area contributed by atoms with E-state index in [4.69, 9.17) is 5.11 Å². The zero-order valence-electron chi connectivity index (χ0n) is 13.9. The highest BCUT2D eigenvalue weighted by atomic mass is 32.2. The van der Waals surface area contributed by atoms with Crippen LogP contribution >= 0.6 is 11.9 Å². The van der Waals surface area contributed by atoms with Crippen molar-refractivity contribution in [2.75, 3.05) is 24.1 Å². The first-order chi connectivity index (χ1) is 12.0. The van der Waals surface area contributed by atoms with E-state index in [-0.39, 0.29) is 17.2 Å². The molecule has 1 amide bonds. The predicted octanol–water partition coefficient (Wildman–Crippen LogP) is 3.17. The fourth-order valence-corrected chi connectivity index (χ4v) is 3.61. The summed E-state index contributed by atoms with van der Waals surface area (Å²) in [6.07, 6.45) is 2.80. The maximum atomic E-state index is 12.8. The van der Waals surface area contributed by atoms with Crippen molar-refractivity contribution in [1.82, 2.24) is 4.90 Å². The number of nitrogens with zero attached hydrogens (tertiary/aromatic N) is 1. The molecule has 6 nitrogen and oxygen atoms in total. The van der Waals surface area contributed by atoms with Gasteiger partial charge < -0.3 is 19.8 Å². The summed E-state index contributed by atoms with van der Waals surface area (Å²) in [6, 6.07) is 8.98. The molecule has 0 unspecified atom stereocenters. The summed E-state index contributed by atoms with van der Waals surface area (Å²) in [4.78, 5) is 25.4. The maximum Gasteiger partial charge on any atom is 0.306 e. The molecule has 132 valence electrons. The highest BCUT2D eigenvalue weighted by Gasteiger charge is 2.28. The smallest absolute Gasteiger partial charge is 0.306 e. The van der Waals surface area contributed by atoms with E-state index < -0.39 is 11.9 Å².